The second-order valence-corrected chi connectivity index (χ2v) is 6.52. The molecule has 0 heterocycles. The summed E-state index contributed by atoms with van der Waals surface area (Å²) in [5.74, 6) is -1.83. The van der Waals surface area contributed by atoms with E-state index in [0.29, 0.717) is 31.4 Å². The molecule has 1 fully saturated rings. The van der Waals surface area contributed by atoms with E-state index in [0.717, 1.165) is 6.29 Å². The highest BCUT2D eigenvalue weighted by molar-refractivity contribution is 5.90. The Balaban J connectivity index is 2.19. The Kier molecular flexibility index (Phi) is 10.2. The van der Waals surface area contributed by atoms with Crippen LogP contribution in [0.4, 0.5) is 0 Å². The van der Waals surface area contributed by atoms with E-state index in [4.69, 9.17) is 0 Å². The van der Waals surface area contributed by atoms with Gasteiger partial charge >= 0.3 is 0 Å². The topological polar surface area (TPSA) is 133 Å². The number of nitrogens with one attached hydrogen (secondary N) is 4. The third-order valence-electron chi connectivity index (χ3n) is 4.47. The molecule has 28 heavy (non-hydrogen) atoms. The number of hydrogen-bond donors (Lipinski definition) is 4. The molecule has 0 saturated heterocycles. The van der Waals surface area contributed by atoms with E-state index >= 15 is 0 Å². The first-order valence-corrected chi connectivity index (χ1v) is 9.24. The number of aldehydes is 1. The highest BCUT2D eigenvalue weighted by atomic mass is 16.2. The summed E-state index contributed by atoms with van der Waals surface area (Å²) in [6, 6.07) is 0. The van der Waals surface area contributed by atoms with Crippen molar-refractivity contribution >= 4 is 29.9 Å². The number of rotatable bonds is 10. The molecule has 9 nitrogen and oxygen atoms in total. The second kappa shape index (κ2) is 12.4. The lowest BCUT2D eigenvalue weighted by Gasteiger charge is -2.24. The number of carbonyl (C=O) groups is 5. The van der Waals surface area contributed by atoms with Gasteiger partial charge in [0.1, 0.15) is 6.29 Å². The van der Waals surface area contributed by atoms with Crippen molar-refractivity contribution in [1.82, 2.24) is 21.3 Å². The fourth-order valence-corrected chi connectivity index (χ4v) is 2.76. The monoisotopic (exact) mass is 392 g/mol. The molecule has 1 aliphatic rings. The fraction of sp³-hybridized carbons (Fsp3) is 0.526. The SMILES string of the molecule is C=C/C(=C\C)NC(=O)CNC(=O)CNC(=O)CNC(=O)C1CCC(C=O)CC1. The summed E-state index contributed by atoms with van der Waals surface area (Å²) in [7, 11) is 0. The number of carbonyl (C=O) groups excluding carboxylic acids is 5. The van der Waals surface area contributed by atoms with E-state index < -0.39 is 17.7 Å². The molecule has 9 heteroatoms. The Morgan fingerprint density at radius 3 is 1.93 bits per heavy atom. The fourth-order valence-electron chi connectivity index (χ4n) is 2.76. The van der Waals surface area contributed by atoms with Gasteiger partial charge in [0.2, 0.25) is 23.6 Å². The van der Waals surface area contributed by atoms with Crippen molar-refractivity contribution in [3.63, 3.8) is 0 Å². The molecule has 4 amide bonds. The normalized spacial score (nSPS) is 19.1. The Hall–Kier alpha value is -2.97. The molecule has 0 aliphatic heterocycles. The minimum atomic E-state index is -0.525. The van der Waals surface area contributed by atoms with E-state index in [1.165, 1.54) is 6.08 Å². The molecule has 0 aromatic carbocycles. The maximum absolute atomic E-state index is 12.0. The number of hydrogen-bond acceptors (Lipinski definition) is 5. The Bertz CT molecular complexity index is 636. The van der Waals surface area contributed by atoms with Crippen molar-refractivity contribution in [2.24, 2.45) is 11.8 Å². The van der Waals surface area contributed by atoms with Crippen molar-refractivity contribution in [1.29, 1.82) is 0 Å². The van der Waals surface area contributed by atoms with Crippen LogP contribution in [-0.4, -0.2) is 49.5 Å². The van der Waals surface area contributed by atoms with Gasteiger partial charge in [0.25, 0.3) is 0 Å². The molecule has 0 radical (unpaired) electrons. The lowest BCUT2D eigenvalue weighted by Crippen LogP contribution is -2.45. The van der Waals surface area contributed by atoms with E-state index in [1.807, 2.05) is 0 Å². The van der Waals surface area contributed by atoms with E-state index in [2.05, 4.69) is 27.8 Å². The van der Waals surface area contributed by atoms with Crippen LogP contribution >= 0.6 is 0 Å². The van der Waals surface area contributed by atoms with Crippen molar-refractivity contribution < 1.29 is 24.0 Å². The maximum Gasteiger partial charge on any atom is 0.243 e. The van der Waals surface area contributed by atoms with Gasteiger partial charge in [-0.05, 0) is 38.7 Å². The van der Waals surface area contributed by atoms with Gasteiger partial charge < -0.3 is 26.1 Å². The van der Waals surface area contributed by atoms with Crippen LogP contribution in [0.3, 0.4) is 0 Å². The van der Waals surface area contributed by atoms with Gasteiger partial charge in [-0.3, -0.25) is 19.2 Å². The second-order valence-electron chi connectivity index (χ2n) is 6.52. The zero-order valence-corrected chi connectivity index (χ0v) is 16.1. The van der Waals surface area contributed by atoms with Gasteiger partial charge in [-0.2, -0.15) is 0 Å². The van der Waals surface area contributed by atoms with Crippen LogP contribution in [0.25, 0.3) is 0 Å². The molecule has 0 aromatic heterocycles. The lowest BCUT2D eigenvalue weighted by molar-refractivity contribution is -0.130. The highest BCUT2D eigenvalue weighted by Crippen LogP contribution is 2.27. The van der Waals surface area contributed by atoms with Gasteiger partial charge in [0.05, 0.1) is 19.6 Å². The summed E-state index contributed by atoms with van der Waals surface area (Å²) in [6.45, 7) is 4.50. The largest absolute Gasteiger partial charge is 0.347 e. The van der Waals surface area contributed by atoms with Crippen LogP contribution in [0.2, 0.25) is 0 Å². The molecule has 0 bridgehead atoms. The summed E-state index contributed by atoms with van der Waals surface area (Å²) in [5, 5.41) is 9.83. The predicted molar refractivity (Wildman–Crippen MR) is 103 cm³/mol. The lowest BCUT2D eigenvalue weighted by atomic mass is 9.82. The molecule has 154 valence electrons. The van der Waals surface area contributed by atoms with Crippen molar-refractivity contribution in [3.8, 4) is 0 Å². The van der Waals surface area contributed by atoms with Crippen molar-refractivity contribution in [2.45, 2.75) is 32.6 Å². The summed E-state index contributed by atoms with van der Waals surface area (Å²) in [4.78, 5) is 57.8. The van der Waals surface area contributed by atoms with Gasteiger partial charge in [-0.25, -0.2) is 0 Å². The standard InChI is InChI=1S/C19H28N4O5/c1-3-15(4-2)23-18(27)11-21-16(25)9-20-17(26)10-22-19(28)14-7-5-13(12-24)6-8-14/h3-4,12-14H,1,5-11H2,2H3,(H,20,26)(H,21,25)(H,22,28)(H,23,27)/b15-4+. The molecule has 0 spiro atoms. The molecular weight excluding hydrogens is 364 g/mol. The summed E-state index contributed by atoms with van der Waals surface area (Å²) in [6.07, 6.45) is 6.68. The van der Waals surface area contributed by atoms with E-state index in [-0.39, 0.29) is 37.4 Å². The van der Waals surface area contributed by atoms with Gasteiger partial charge in [-0.1, -0.05) is 12.7 Å². The average molecular weight is 392 g/mol. The molecule has 0 unspecified atom stereocenters. The molecule has 0 aromatic rings. The van der Waals surface area contributed by atoms with E-state index in [9.17, 15) is 24.0 Å². The highest BCUT2D eigenvalue weighted by Gasteiger charge is 2.26. The van der Waals surface area contributed by atoms with E-state index in [1.54, 1.807) is 13.0 Å². The molecular formula is C19H28N4O5. The van der Waals surface area contributed by atoms with Crippen molar-refractivity contribution in [2.75, 3.05) is 19.6 Å². The van der Waals surface area contributed by atoms with Gasteiger partial charge in [-0.15, -0.1) is 0 Å². The minimum absolute atomic E-state index is 0.0225. The maximum atomic E-state index is 12.0. The molecule has 0 atom stereocenters. The summed E-state index contributed by atoms with van der Waals surface area (Å²) < 4.78 is 0. The molecule has 1 rings (SSSR count). The van der Waals surface area contributed by atoms with Gasteiger partial charge in [0, 0.05) is 17.5 Å². The zero-order valence-electron chi connectivity index (χ0n) is 16.1. The van der Waals surface area contributed by atoms with Crippen LogP contribution in [0.5, 0.6) is 0 Å². The third-order valence-corrected chi connectivity index (χ3v) is 4.47. The van der Waals surface area contributed by atoms with Crippen LogP contribution in [0, 0.1) is 11.8 Å². The first-order chi connectivity index (χ1) is 13.4. The summed E-state index contributed by atoms with van der Waals surface area (Å²) >= 11 is 0. The summed E-state index contributed by atoms with van der Waals surface area (Å²) in [5.41, 5.74) is 0.530. The molecule has 1 saturated carbocycles. The van der Waals surface area contributed by atoms with Gasteiger partial charge in [0.15, 0.2) is 0 Å². The first kappa shape index (κ1) is 23.1. The Labute approximate surface area is 164 Å². The van der Waals surface area contributed by atoms with Crippen LogP contribution < -0.4 is 21.3 Å². The van der Waals surface area contributed by atoms with Crippen LogP contribution in [0.15, 0.2) is 24.4 Å². The average Bonchev–Trinajstić information content (AvgIpc) is 2.72. The number of allylic oxidation sites excluding steroid dienone is 2. The quantitative estimate of drug-likeness (QED) is 0.295. The first-order valence-electron chi connectivity index (χ1n) is 9.24. The van der Waals surface area contributed by atoms with Crippen LogP contribution in [0.1, 0.15) is 32.6 Å². The smallest absolute Gasteiger partial charge is 0.243 e. The molecule has 4 N–H and O–H groups in total. The zero-order chi connectivity index (χ0) is 20.9. The minimum Gasteiger partial charge on any atom is -0.347 e. The van der Waals surface area contributed by atoms with Crippen molar-refractivity contribution in [3.05, 3.63) is 24.4 Å². The third kappa shape index (κ3) is 8.61. The predicted octanol–water partition coefficient (Wildman–Crippen LogP) is -0.454. The Morgan fingerprint density at radius 2 is 1.43 bits per heavy atom. The van der Waals surface area contributed by atoms with Crippen LogP contribution in [-0.2, 0) is 24.0 Å². The Morgan fingerprint density at radius 1 is 0.893 bits per heavy atom. The molecule has 1 aliphatic carbocycles. The number of amides is 4.